The van der Waals surface area contributed by atoms with Gasteiger partial charge in [-0.25, -0.2) is 4.79 Å². The van der Waals surface area contributed by atoms with Crippen molar-refractivity contribution in [2.45, 2.75) is 26.8 Å². The van der Waals surface area contributed by atoms with Gasteiger partial charge in [-0.1, -0.05) is 48.5 Å². The Kier molecular flexibility index (Phi) is 5.30. The second kappa shape index (κ2) is 7.82. The van der Waals surface area contributed by atoms with Crippen molar-refractivity contribution in [1.82, 2.24) is 9.78 Å². The molecule has 1 heterocycles. The number of hydrogen-bond donors (Lipinski definition) is 0. The largest absolute Gasteiger partial charge is 0.425 e. The molecule has 1 aromatic heterocycles. The Balaban J connectivity index is 1.76. The van der Waals surface area contributed by atoms with Gasteiger partial charge in [-0.05, 0) is 31.0 Å². The van der Waals surface area contributed by atoms with E-state index in [1.54, 1.807) is 26.0 Å². The smallest absolute Gasteiger partial charge is 0.333 e. The number of aromatic nitrogens is 2. The first kappa shape index (κ1) is 18.3. The minimum absolute atomic E-state index is 0.0766. The highest BCUT2D eigenvalue weighted by atomic mass is 16.6. The highest BCUT2D eigenvalue weighted by Gasteiger charge is 2.23. The van der Waals surface area contributed by atoms with Crippen molar-refractivity contribution in [2.24, 2.45) is 0 Å². The second-order valence-electron chi connectivity index (χ2n) is 6.18. The van der Waals surface area contributed by atoms with Gasteiger partial charge in [0.1, 0.15) is 23.7 Å². The van der Waals surface area contributed by atoms with Crippen LogP contribution in [0.25, 0.3) is 0 Å². The lowest BCUT2D eigenvalue weighted by atomic mass is 10.0. The Labute approximate surface area is 156 Å². The Morgan fingerprint density at radius 1 is 1.11 bits per heavy atom. The molecule has 0 radical (unpaired) electrons. The van der Waals surface area contributed by atoms with Crippen LogP contribution in [0.2, 0.25) is 0 Å². The molecule has 27 heavy (non-hydrogen) atoms. The van der Waals surface area contributed by atoms with Crippen LogP contribution >= 0.6 is 0 Å². The molecule has 3 aromatic rings. The van der Waals surface area contributed by atoms with Gasteiger partial charge in [-0.2, -0.15) is 5.10 Å². The van der Waals surface area contributed by atoms with E-state index in [0.29, 0.717) is 17.9 Å². The summed E-state index contributed by atoms with van der Waals surface area (Å²) in [6.45, 7) is 2.91. The summed E-state index contributed by atoms with van der Waals surface area (Å²) < 4.78 is 6.82. The number of aryl methyl sites for hydroxylation is 1. The Morgan fingerprint density at radius 2 is 1.78 bits per heavy atom. The number of ether oxygens (including phenoxy) is 1. The maximum Gasteiger partial charge on any atom is 0.333 e. The van der Waals surface area contributed by atoms with E-state index >= 15 is 0 Å². The topological polar surface area (TPSA) is 87.3 Å². The average Bonchev–Trinajstić information content (AvgIpc) is 2.91. The number of nitro groups is 1. The second-order valence-corrected chi connectivity index (χ2v) is 6.18. The maximum atomic E-state index is 12.4. The SMILES string of the molecule is Cc1nn(CC(=O)Oc2ccccc2Cc2ccccc2)c(C)c1[N+](=O)[O-]. The molecular formula is C20H19N3O4. The van der Waals surface area contributed by atoms with E-state index in [1.807, 2.05) is 42.5 Å². The zero-order valence-corrected chi connectivity index (χ0v) is 15.1. The molecule has 3 rings (SSSR count). The molecule has 0 N–H and O–H groups in total. The van der Waals surface area contributed by atoms with Crippen LogP contribution in [0, 0.1) is 24.0 Å². The summed E-state index contributed by atoms with van der Waals surface area (Å²) in [6.07, 6.45) is 0.635. The van der Waals surface area contributed by atoms with Gasteiger partial charge in [0.2, 0.25) is 0 Å². The van der Waals surface area contributed by atoms with Gasteiger partial charge in [0.05, 0.1) is 4.92 Å². The minimum Gasteiger partial charge on any atom is -0.425 e. The van der Waals surface area contributed by atoms with E-state index in [0.717, 1.165) is 11.1 Å². The first-order valence-corrected chi connectivity index (χ1v) is 8.46. The van der Waals surface area contributed by atoms with Crippen LogP contribution in [0.15, 0.2) is 54.6 Å². The van der Waals surface area contributed by atoms with E-state index < -0.39 is 10.9 Å². The van der Waals surface area contributed by atoms with Gasteiger partial charge in [0, 0.05) is 6.42 Å². The van der Waals surface area contributed by atoms with Gasteiger partial charge in [0.15, 0.2) is 0 Å². The first-order valence-electron chi connectivity index (χ1n) is 8.46. The molecular weight excluding hydrogens is 346 g/mol. The van der Waals surface area contributed by atoms with Crippen LogP contribution in [0.5, 0.6) is 5.75 Å². The summed E-state index contributed by atoms with van der Waals surface area (Å²) in [4.78, 5) is 23.0. The van der Waals surface area contributed by atoms with Crippen molar-refractivity contribution in [3.63, 3.8) is 0 Å². The third kappa shape index (κ3) is 4.20. The normalized spacial score (nSPS) is 10.6. The van der Waals surface area contributed by atoms with Crippen LogP contribution in [-0.4, -0.2) is 20.7 Å². The standard InChI is InChI=1S/C20H19N3O4/c1-14-20(23(25)26)15(2)22(21-14)13-19(24)27-18-11-7-6-10-17(18)12-16-8-4-3-5-9-16/h3-11H,12-13H2,1-2H3. The molecule has 0 saturated heterocycles. The van der Waals surface area contributed by atoms with Crippen molar-refractivity contribution >= 4 is 11.7 Å². The fourth-order valence-electron chi connectivity index (χ4n) is 2.95. The number of rotatable bonds is 6. The van der Waals surface area contributed by atoms with Crippen LogP contribution in [0.3, 0.4) is 0 Å². The van der Waals surface area contributed by atoms with E-state index in [-0.39, 0.29) is 17.9 Å². The number of nitrogens with zero attached hydrogens (tertiary/aromatic N) is 3. The molecule has 0 bridgehead atoms. The predicted molar refractivity (Wildman–Crippen MR) is 99.7 cm³/mol. The summed E-state index contributed by atoms with van der Waals surface area (Å²) >= 11 is 0. The van der Waals surface area contributed by atoms with Gasteiger partial charge in [0.25, 0.3) is 0 Å². The molecule has 2 aromatic carbocycles. The molecule has 0 fully saturated rings. The highest BCUT2D eigenvalue weighted by molar-refractivity contribution is 5.73. The molecule has 0 aliphatic rings. The molecule has 0 unspecified atom stereocenters. The first-order chi connectivity index (χ1) is 13.0. The Bertz CT molecular complexity index is 980. The lowest BCUT2D eigenvalue weighted by Gasteiger charge is -2.10. The Hall–Kier alpha value is -3.48. The zero-order chi connectivity index (χ0) is 19.4. The Morgan fingerprint density at radius 3 is 2.44 bits per heavy atom. The van der Waals surface area contributed by atoms with Crippen molar-refractivity contribution in [2.75, 3.05) is 0 Å². The number of carbonyl (C=O) groups excluding carboxylic acids is 1. The molecule has 138 valence electrons. The monoisotopic (exact) mass is 365 g/mol. The number of para-hydroxylation sites is 1. The van der Waals surface area contributed by atoms with Crippen molar-refractivity contribution < 1.29 is 14.5 Å². The molecule has 7 heteroatoms. The van der Waals surface area contributed by atoms with E-state index in [1.165, 1.54) is 4.68 Å². The number of esters is 1. The number of hydrogen-bond acceptors (Lipinski definition) is 5. The molecule has 7 nitrogen and oxygen atoms in total. The van der Waals surface area contributed by atoms with E-state index in [9.17, 15) is 14.9 Å². The molecule has 0 aliphatic heterocycles. The van der Waals surface area contributed by atoms with Gasteiger partial charge in [-0.3, -0.25) is 14.8 Å². The van der Waals surface area contributed by atoms with Crippen molar-refractivity contribution in [1.29, 1.82) is 0 Å². The molecule has 0 amide bonds. The summed E-state index contributed by atoms with van der Waals surface area (Å²) in [6, 6.07) is 17.2. The third-order valence-electron chi connectivity index (χ3n) is 4.24. The molecule has 0 saturated carbocycles. The van der Waals surface area contributed by atoms with Crippen molar-refractivity contribution in [3.8, 4) is 5.75 Å². The molecule has 0 aliphatic carbocycles. The van der Waals surface area contributed by atoms with Crippen LogP contribution < -0.4 is 4.74 Å². The average molecular weight is 365 g/mol. The van der Waals surface area contributed by atoms with Gasteiger partial charge in [-0.15, -0.1) is 0 Å². The molecule has 0 spiro atoms. The predicted octanol–water partition coefficient (Wildman–Crippen LogP) is 3.60. The van der Waals surface area contributed by atoms with Gasteiger partial charge < -0.3 is 4.74 Å². The van der Waals surface area contributed by atoms with Crippen molar-refractivity contribution in [3.05, 3.63) is 87.2 Å². The highest BCUT2D eigenvalue weighted by Crippen LogP contribution is 2.23. The third-order valence-corrected chi connectivity index (χ3v) is 4.24. The van der Waals surface area contributed by atoms with E-state index in [4.69, 9.17) is 4.74 Å². The summed E-state index contributed by atoms with van der Waals surface area (Å²) in [7, 11) is 0. The van der Waals surface area contributed by atoms with Crippen LogP contribution in [0.4, 0.5) is 5.69 Å². The summed E-state index contributed by atoms with van der Waals surface area (Å²) in [5, 5.41) is 15.2. The summed E-state index contributed by atoms with van der Waals surface area (Å²) in [5.41, 5.74) is 2.51. The van der Waals surface area contributed by atoms with Crippen LogP contribution in [0.1, 0.15) is 22.5 Å². The quantitative estimate of drug-likeness (QED) is 0.288. The van der Waals surface area contributed by atoms with E-state index in [2.05, 4.69) is 5.10 Å². The summed E-state index contributed by atoms with van der Waals surface area (Å²) in [5.74, 6) is -0.0570. The maximum absolute atomic E-state index is 12.4. The lowest BCUT2D eigenvalue weighted by Crippen LogP contribution is -2.19. The fraction of sp³-hybridized carbons (Fsp3) is 0.200. The zero-order valence-electron chi connectivity index (χ0n) is 15.1. The fourth-order valence-corrected chi connectivity index (χ4v) is 2.95. The molecule has 0 atom stereocenters. The number of benzene rings is 2. The number of carbonyl (C=O) groups is 1. The minimum atomic E-state index is -0.531. The van der Waals surface area contributed by atoms with Crippen LogP contribution in [-0.2, 0) is 17.8 Å². The van der Waals surface area contributed by atoms with Gasteiger partial charge >= 0.3 is 11.7 Å². The lowest BCUT2D eigenvalue weighted by molar-refractivity contribution is -0.386.